The Morgan fingerprint density at radius 3 is 2.70 bits per heavy atom. The molecule has 1 amide bonds. The van der Waals surface area contributed by atoms with Crippen LogP contribution in [-0.4, -0.2) is 55.0 Å². The van der Waals surface area contributed by atoms with Gasteiger partial charge < -0.3 is 10.2 Å². The lowest BCUT2D eigenvalue weighted by atomic mass is 10.1. The van der Waals surface area contributed by atoms with E-state index in [1.54, 1.807) is 0 Å². The quantitative estimate of drug-likeness (QED) is 0.918. The highest BCUT2D eigenvalue weighted by Crippen LogP contribution is 2.18. The Labute approximate surface area is 121 Å². The normalized spacial score (nSPS) is 20.0. The summed E-state index contributed by atoms with van der Waals surface area (Å²) in [7, 11) is 1.89. The second-order valence-electron chi connectivity index (χ2n) is 5.51. The summed E-state index contributed by atoms with van der Waals surface area (Å²) < 4.78 is 0. The molecule has 1 heterocycles. The lowest BCUT2D eigenvalue weighted by Crippen LogP contribution is -2.53. The molecule has 0 spiro atoms. The minimum absolute atomic E-state index is 0.160. The summed E-state index contributed by atoms with van der Waals surface area (Å²) in [6, 6.07) is 6.36. The highest BCUT2D eigenvalue weighted by molar-refractivity contribution is 5.96. The van der Waals surface area contributed by atoms with Gasteiger partial charge in [0.1, 0.15) is 0 Å². The molecule has 0 radical (unpaired) electrons. The van der Waals surface area contributed by atoms with Gasteiger partial charge in [0.2, 0.25) is 0 Å². The number of piperazine rings is 1. The van der Waals surface area contributed by atoms with Crippen LogP contribution in [0.15, 0.2) is 18.2 Å². The smallest absolute Gasteiger partial charge is 0.254 e. The van der Waals surface area contributed by atoms with E-state index < -0.39 is 0 Å². The standard InChI is InChI=1S/C16H25N3O/c1-5-18-8-9-19(11-13(18)3)16(20)15-7-6-14(17-4)10-12(15)2/h6-7,10,13,17H,5,8-9,11H2,1-4H3. The third kappa shape index (κ3) is 2.96. The highest BCUT2D eigenvalue weighted by Gasteiger charge is 2.26. The number of rotatable bonds is 3. The van der Waals surface area contributed by atoms with Gasteiger partial charge in [-0.2, -0.15) is 0 Å². The summed E-state index contributed by atoms with van der Waals surface area (Å²) in [6.45, 7) is 10.0. The van der Waals surface area contributed by atoms with E-state index in [-0.39, 0.29) is 5.91 Å². The number of aryl methyl sites for hydroxylation is 1. The van der Waals surface area contributed by atoms with Crippen LogP contribution < -0.4 is 5.32 Å². The van der Waals surface area contributed by atoms with Crippen molar-refractivity contribution in [2.45, 2.75) is 26.8 Å². The number of nitrogens with zero attached hydrogens (tertiary/aromatic N) is 2. The molecule has 0 aliphatic carbocycles. The van der Waals surface area contributed by atoms with Crippen LogP contribution in [0.2, 0.25) is 0 Å². The zero-order valence-corrected chi connectivity index (χ0v) is 12.9. The van der Waals surface area contributed by atoms with Crippen LogP contribution in [0.5, 0.6) is 0 Å². The molecule has 1 fully saturated rings. The maximum atomic E-state index is 12.6. The van der Waals surface area contributed by atoms with Gasteiger partial charge in [-0.05, 0) is 44.2 Å². The summed E-state index contributed by atoms with van der Waals surface area (Å²) in [5.41, 5.74) is 2.90. The number of hydrogen-bond donors (Lipinski definition) is 1. The molecule has 1 aliphatic heterocycles. The second kappa shape index (κ2) is 6.27. The van der Waals surface area contributed by atoms with Gasteiger partial charge in [-0.3, -0.25) is 9.69 Å². The first-order valence-electron chi connectivity index (χ1n) is 7.38. The van der Waals surface area contributed by atoms with Crippen molar-refractivity contribution in [2.24, 2.45) is 0 Å². The van der Waals surface area contributed by atoms with Crippen molar-refractivity contribution < 1.29 is 4.79 Å². The maximum absolute atomic E-state index is 12.6. The number of carbonyl (C=O) groups is 1. The van der Waals surface area contributed by atoms with Crippen molar-refractivity contribution in [3.8, 4) is 0 Å². The molecule has 1 aliphatic rings. The van der Waals surface area contributed by atoms with Crippen molar-refractivity contribution in [3.63, 3.8) is 0 Å². The lowest BCUT2D eigenvalue weighted by molar-refractivity contribution is 0.0527. The molecule has 110 valence electrons. The molecule has 4 heteroatoms. The van der Waals surface area contributed by atoms with Gasteiger partial charge in [-0.15, -0.1) is 0 Å². The van der Waals surface area contributed by atoms with Crippen molar-refractivity contribution in [1.29, 1.82) is 0 Å². The average molecular weight is 275 g/mol. The third-order valence-corrected chi connectivity index (χ3v) is 4.20. The van der Waals surface area contributed by atoms with Crippen LogP contribution in [0.4, 0.5) is 5.69 Å². The zero-order valence-electron chi connectivity index (χ0n) is 12.9. The number of benzene rings is 1. The first-order chi connectivity index (χ1) is 9.56. The van der Waals surface area contributed by atoms with Crippen LogP contribution in [0, 0.1) is 6.92 Å². The van der Waals surface area contributed by atoms with E-state index in [2.05, 4.69) is 24.1 Å². The average Bonchev–Trinajstić information content (AvgIpc) is 2.46. The number of anilines is 1. The Balaban J connectivity index is 2.12. The largest absolute Gasteiger partial charge is 0.388 e. The molecule has 1 N–H and O–H groups in total. The van der Waals surface area contributed by atoms with Gasteiger partial charge in [-0.1, -0.05) is 6.92 Å². The number of carbonyl (C=O) groups excluding carboxylic acids is 1. The van der Waals surface area contributed by atoms with Gasteiger partial charge in [-0.25, -0.2) is 0 Å². The topological polar surface area (TPSA) is 35.6 Å². The van der Waals surface area contributed by atoms with Gasteiger partial charge in [0.15, 0.2) is 0 Å². The van der Waals surface area contributed by atoms with E-state index in [0.29, 0.717) is 6.04 Å². The summed E-state index contributed by atoms with van der Waals surface area (Å²) in [5, 5.41) is 3.10. The molecule has 1 saturated heterocycles. The fraction of sp³-hybridized carbons (Fsp3) is 0.562. The molecule has 20 heavy (non-hydrogen) atoms. The number of likely N-dealkylation sites (N-methyl/N-ethyl adjacent to an activating group) is 1. The third-order valence-electron chi connectivity index (χ3n) is 4.20. The Hall–Kier alpha value is -1.55. The molecule has 1 unspecified atom stereocenters. The van der Waals surface area contributed by atoms with Gasteiger partial charge >= 0.3 is 0 Å². The number of hydrogen-bond acceptors (Lipinski definition) is 3. The molecule has 1 aromatic carbocycles. The molecule has 0 bridgehead atoms. The summed E-state index contributed by atoms with van der Waals surface area (Å²) in [6.07, 6.45) is 0. The Bertz CT molecular complexity index is 487. The minimum atomic E-state index is 0.160. The van der Waals surface area contributed by atoms with E-state index >= 15 is 0 Å². The van der Waals surface area contributed by atoms with Crippen molar-refractivity contribution >= 4 is 11.6 Å². The monoisotopic (exact) mass is 275 g/mol. The Kier molecular flexibility index (Phi) is 4.65. The van der Waals surface area contributed by atoms with Crippen LogP contribution in [0.3, 0.4) is 0 Å². The highest BCUT2D eigenvalue weighted by atomic mass is 16.2. The summed E-state index contributed by atoms with van der Waals surface area (Å²) in [5.74, 6) is 0.160. The predicted octanol–water partition coefficient (Wildman–Crippen LogP) is 2.20. The van der Waals surface area contributed by atoms with Gasteiger partial charge in [0.25, 0.3) is 5.91 Å². The van der Waals surface area contributed by atoms with Crippen LogP contribution in [0.25, 0.3) is 0 Å². The molecule has 4 nitrogen and oxygen atoms in total. The van der Waals surface area contributed by atoms with Crippen LogP contribution in [0.1, 0.15) is 29.8 Å². The molecule has 1 aromatic rings. The van der Waals surface area contributed by atoms with E-state index in [0.717, 1.165) is 43.0 Å². The molecule has 0 saturated carbocycles. The number of amides is 1. The second-order valence-corrected chi connectivity index (χ2v) is 5.51. The van der Waals surface area contributed by atoms with E-state index in [1.807, 2.05) is 37.1 Å². The van der Waals surface area contributed by atoms with Crippen molar-refractivity contribution in [1.82, 2.24) is 9.80 Å². The van der Waals surface area contributed by atoms with Gasteiger partial charge in [0.05, 0.1) is 0 Å². The Morgan fingerprint density at radius 1 is 1.40 bits per heavy atom. The fourth-order valence-corrected chi connectivity index (χ4v) is 2.88. The molecule has 1 atom stereocenters. The molecular weight excluding hydrogens is 250 g/mol. The molecular formula is C16H25N3O. The van der Waals surface area contributed by atoms with E-state index in [1.165, 1.54) is 0 Å². The zero-order chi connectivity index (χ0) is 14.7. The van der Waals surface area contributed by atoms with Crippen LogP contribution >= 0.6 is 0 Å². The fourth-order valence-electron chi connectivity index (χ4n) is 2.88. The molecule has 2 rings (SSSR count). The summed E-state index contributed by atoms with van der Waals surface area (Å²) >= 11 is 0. The Morgan fingerprint density at radius 2 is 2.15 bits per heavy atom. The first-order valence-corrected chi connectivity index (χ1v) is 7.38. The SMILES string of the molecule is CCN1CCN(C(=O)c2ccc(NC)cc2C)CC1C. The number of nitrogens with one attached hydrogen (secondary N) is 1. The maximum Gasteiger partial charge on any atom is 0.254 e. The van der Waals surface area contributed by atoms with Crippen LogP contribution in [-0.2, 0) is 0 Å². The summed E-state index contributed by atoms with van der Waals surface area (Å²) in [4.78, 5) is 17.0. The predicted molar refractivity (Wildman–Crippen MR) is 83.3 cm³/mol. The molecule has 0 aromatic heterocycles. The lowest BCUT2D eigenvalue weighted by Gasteiger charge is -2.39. The first kappa shape index (κ1) is 14.9. The minimum Gasteiger partial charge on any atom is -0.388 e. The van der Waals surface area contributed by atoms with Gasteiger partial charge in [0, 0.05) is 44.0 Å². The van der Waals surface area contributed by atoms with Crippen molar-refractivity contribution in [2.75, 3.05) is 38.5 Å². The van der Waals surface area contributed by atoms with E-state index in [4.69, 9.17) is 0 Å². The van der Waals surface area contributed by atoms with E-state index in [9.17, 15) is 4.79 Å². The van der Waals surface area contributed by atoms with Crippen molar-refractivity contribution in [3.05, 3.63) is 29.3 Å².